The second-order valence-corrected chi connectivity index (χ2v) is 11.6. The number of aromatic nitrogens is 1. The zero-order valence-corrected chi connectivity index (χ0v) is 20.2. The number of amides is 2. The van der Waals surface area contributed by atoms with E-state index in [2.05, 4.69) is 15.6 Å². The number of hydrogen-bond donors (Lipinski definition) is 3. The van der Waals surface area contributed by atoms with E-state index >= 15 is 0 Å². The predicted molar refractivity (Wildman–Crippen MR) is 131 cm³/mol. The summed E-state index contributed by atoms with van der Waals surface area (Å²) in [4.78, 5) is 30.5. The molecule has 5 saturated carbocycles. The normalized spacial score (nSPS) is 32.1. The topological polar surface area (TPSA) is 97.1 Å². The van der Waals surface area contributed by atoms with Gasteiger partial charge in [0.05, 0.1) is 10.8 Å². The van der Waals surface area contributed by atoms with Gasteiger partial charge in [0.25, 0.3) is 0 Å². The van der Waals surface area contributed by atoms with Gasteiger partial charge in [0.15, 0.2) is 0 Å². The molecule has 7 rings (SSSR count). The Hall–Kier alpha value is -2.87. The number of halogens is 2. The van der Waals surface area contributed by atoms with Crippen LogP contribution in [0.25, 0.3) is 0 Å². The van der Waals surface area contributed by atoms with Crippen molar-refractivity contribution in [3.05, 3.63) is 59.9 Å². The molecule has 6 nitrogen and oxygen atoms in total. The molecular formula is C28H32F2N4O2. The number of carbonyl (C=O) groups excluding carboxylic acids is 2. The molecule has 190 valence electrons. The van der Waals surface area contributed by atoms with Crippen molar-refractivity contribution in [3.8, 4) is 0 Å². The molecule has 3 unspecified atom stereocenters. The van der Waals surface area contributed by atoms with Gasteiger partial charge in [-0.2, -0.15) is 0 Å². The minimum Gasteiger partial charge on any atom is -0.354 e. The number of rotatable bonds is 7. The van der Waals surface area contributed by atoms with E-state index in [9.17, 15) is 18.4 Å². The molecule has 4 N–H and O–H groups in total. The number of carbonyl (C=O) groups is 2. The molecule has 5 aliphatic rings. The highest BCUT2D eigenvalue weighted by Gasteiger charge is 2.59. The Bertz CT molecular complexity index is 1170. The zero-order valence-electron chi connectivity index (χ0n) is 20.2. The molecule has 2 amide bonds. The Balaban J connectivity index is 1.11. The van der Waals surface area contributed by atoms with Crippen molar-refractivity contribution in [2.24, 2.45) is 34.8 Å². The third-order valence-corrected chi connectivity index (χ3v) is 9.39. The third-order valence-electron chi connectivity index (χ3n) is 9.39. The molecule has 0 saturated heterocycles. The van der Waals surface area contributed by atoms with Crippen molar-refractivity contribution >= 4 is 17.5 Å². The maximum atomic E-state index is 14.4. The van der Waals surface area contributed by atoms with Crippen LogP contribution in [-0.2, 0) is 15.0 Å². The molecule has 1 aromatic heterocycles. The summed E-state index contributed by atoms with van der Waals surface area (Å²) in [5.74, 6) is 0.0469. The van der Waals surface area contributed by atoms with Crippen molar-refractivity contribution in [2.45, 2.75) is 56.4 Å². The number of nitrogens with zero attached hydrogens (tertiary/aromatic N) is 1. The van der Waals surface area contributed by atoms with Gasteiger partial charge in [-0.05, 0) is 86.8 Å². The first kappa shape index (κ1) is 23.5. The van der Waals surface area contributed by atoms with Gasteiger partial charge in [0.1, 0.15) is 11.6 Å². The summed E-state index contributed by atoms with van der Waals surface area (Å²) in [5.41, 5.74) is 6.45. The van der Waals surface area contributed by atoms with Crippen LogP contribution in [0.2, 0.25) is 0 Å². The summed E-state index contributed by atoms with van der Waals surface area (Å²) in [7, 11) is 0. The Morgan fingerprint density at radius 2 is 1.72 bits per heavy atom. The lowest BCUT2D eigenvalue weighted by molar-refractivity contribution is -0.149. The fourth-order valence-electron chi connectivity index (χ4n) is 7.88. The molecular weight excluding hydrogens is 462 g/mol. The summed E-state index contributed by atoms with van der Waals surface area (Å²) in [6.07, 6.45) is 9.19. The van der Waals surface area contributed by atoms with E-state index in [4.69, 9.17) is 5.73 Å². The highest BCUT2D eigenvalue weighted by Crippen LogP contribution is 2.63. The largest absolute Gasteiger partial charge is 0.354 e. The average Bonchev–Trinajstić information content (AvgIpc) is 3.64. The smallest absolute Gasteiger partial charge is 0.230 e. The Morgan fingerprint density at radius 3 is 2.36 bits per heavy atom. The molecule has 1 aromatic carbocycles. The minimum atomic E-state index is -0.920. The Kier molecular flexibility index (Phi) is 5.63. The first-order valence-corrected chi connectivity index (χ1v) is 13.0. The average molecular weight is 495 g/mol. The van der Waals surface area contributed by atoms with Gasteiger partial charge < -0.3 is 16.4 Å². The number of pyridine rings is 1. The molecule has 5 fully saturated rings. The van der Waals surface area contributed by atoms with Crippen LogP contribution in [0.1, 0.15) is 50.5 Å². The lowest BCUT2D eigenvalue weighted by Crippen LogP contribution is -2.60. The van der Waals surface area contributed by atoms with Crippen LogP contribution < -0.4 is 16.4 Å². The monoisotopic (exact) mass is 494 g/mol. The van der Waals surface area contributed by atoms with Gasteiger partial charge in [0, 0.05) is 42.3 Å². The van der Waals surface area contributed by atoms with Crippen LogP contribution in [0.15, 0.2) is 42.7 Å². The van der Waals surface area contributed by atoms with E-state index < -0.39 is 17.0 Å². The van der Waals surface area contributed by atoms with Crippen LogP contribution in [0.5, 0.6) is 0 Å². The van der Waals surface area contributed by atoms with Gasteiger partial charge in [-0.1, -0.05) is 6.07 Å². The second kappa shape index (κ2) is 8.61. The molecule has 0 spiro atoms. The zero-order chi connectivity index (χ0) is 25.1. The van der Waals surface area contributed by atoms with Crippen LogP contribution in [0.4, 0.5) is 14.5 Å². The second-order valence-electron chi connectivity index (χ2n) is 11.6. The maximum absolute atomic E-state index is 14.4. The summed E-state index contributed by atoms with van der Waals surface area (Å²) >= 11 is 0. The van der Waals surface area contributed by atoms with Crippen molar-refractivity contribution < 1.29 is 18.4 Å². The van der Waals surface area contributed by atoms with Crippen molar-refractivity contribution in [1.29, 1.82) is 0 Å². The van der Waals surface area contributed by atoms with E-state index in [1.807, 2.05) is 12.1 Å². The summed E-state index contributed by atoms with van der Waals surface area (Å²) < 4.78 is 27.8. The van der Waals surface area contributed by atoms with E-state index in [0.29, 0.717) is 37.1 Å². The van der Waals surface area contributed by atoms with E-state index in [1.54, 1.807) is 12.4 Å². The molecule has 2 aromatic rings. The SMILES string of the molecule is NC(CNC(=O)C1(c2ccc(F)cc2F)CC1)C1C2CC3CC1CC(C(=O)Nc1ccncc1)(C3)C2. The fourth-order valence-corrected chi connectivity index (χ4v) is 7.88. The van der Waals surface area contributed by atoms with Crippen LogP contribution >= 0.6 is 0 Å². The molecule has 36 heavy (non-hydrogen) atoms. The first-order chi connectivity index (χ1) is 17.3. The summed E-state index contributed by atoms with van der Waals surface area (Å²) in [6.45, 7) is 0.321. The van der Waals surface area contributed by atoms with Crippen molar-refractivity contribution in [3.63, 3.8) is 0 Å². The third kappa shape index (κ3) is 3.90. The van der Waals surface area contributed by atoms with E-state index in [1.165, 1.54) is 12.1 Å². The lowest BCUT2D eigenvalue weighted by Gasteiger charge is -2.60. The molecule has 8 heteroatoms. The van der Waals surface area contributed by atoms with Crippen LogP contribution in [0.3, 0.4) is 0 Å². The fraction of sp³-hybridized carbons (Fsp3) is 0.536. The molecule has 0 aliphatic heterocycles. The first-order valence-electron chi connectivity index (χ1n) is 13.0. The highest BCUT2D eigenvalue weighted by atomic mass is 19.1. The van der Waals surface area contributed by atoms with Gasteiger partial charge in [-0.15, -0.1) is 0 Å². The van der Waals surface area contributed by atoms with Crippen molar-refractivity contribution in [1.82, 2.24) is 10.3 Å². The van der Waals surface area contributed by atoms with Gasteiger partial charge >= 0.3 is 0 Å². The number of nitrogens with two attached hydrogens (primary N) is 1. The Labute approximate surface area is 209 Å². The molecule has 1 heterocycles. The maximum Gasteiger partial charge on any atom is 0.230 e. The van der Waals surface area contributed by atoms with E-state index in [0.717, 1.165) is 43.9 Å². The Morgan fingerprint density at radius 1 is 1.03 bits per heavy atom. The van der Waals surface area contributed by atoms with Crippen LogP contribution in [0, 0.1) is 40.7 Å². The standard InChI is InChI=1S/C28H32F2N4O2/c29-19-1-2-21(22(30)11-19)28(5-6-28)26(36)33-15-23(31)24-17-9-16-10-18(24)14-27(12-16,13-17)25(35)34-20-3-7-32-8-4-20/h1-4,7-8,11,16-18,23-24H,5-6,9-10,12-15,31H2,(H,33,36)(H,32,34,35). The quantitative estimate of drug-likeness (QED) is 0.544. The highest BCUT2D eigenvalue weighted by molar-refractivity contribution is 5.95. The molecule has 5 aliphatic carbocycles. The van der Waals surface area contributed by atoms with Gasteiger partial charge in [-0.3, -0.25) is 14.6 Å². The predicted octanol–water partition coefficient (Wildman–Crippen LogP) is 3.92. The summed E-state index contributed by atoms with van der Waals surface area (Å²) in [6, 6.07) is 6.81. The number of hydrogen-bond acceptors (Lipinski definition) is 4. The minimum absolute atomic E-state index is 0.102. The van der Waals surface area contributed by atoms with Gasteiger partial charge in [-0.25, -0.2) is 8.78 Å². The molecule has 0 radical (unpaired) electrons. The lowest BCUT2D eigenvalue weighted by atomic mass is 9.45. The summed E-state index contributed by atoms with van der Waals surface area (Å²) in [5, 5.41) is 6.10. The number of anilines is 1. The van der Waals surface area contributed by atoms with Crippen LogP contribution in [-0.4, -0.2) is 29.4 Å². The molecule has 3 atom stereocenters. The van der Waals surface area contributed by atoms with E-state index in [-0.39, 0.29) is 34.8 Å². The van der Waals surface area contributed by atoms with Crippen molar-refractivity contribution in [2.75, 3.05) is 11.9 Å². The van der Waals surface area contributed by atoms with Gasteiger partial charge in [0.2, 0.25) is 11.8 Å². The number of nitrogens with one attached hydrogen (secondary N) is 2. The number of benzene rings is 1. The molecule has 4 bridgehead atoms.